The number of ether oxygens (including phenoxy) is 1. The number of carbonyl (C=O) groups excluding carboxylic acids is 2. The van der Waals surface area contributed by atoms with Crippen molar-refractivity contribution < 1.29 is 14.3 Å². The van der Waals surface area contributed by atoms with Crippen LogP contribution in [0, 0.1) is 29.6 Å². The van der Waals surface area contributed by atoms with Gasteiger partial charge < -0.3 is 9.64 Å². The number of methoxy groups -OCH3 is 1. The second-order valence-electron chi connectivity index (χ2n) is 9.96. The van der Waals surface area contributed by atoms with Crippen molar-refractivity contribution in [3.8, 4) is 17.9 Å². The van der Waals surface area contributed by atoms with E-state index in [1.165, 1.54) is 12.1 Å². The number of amides is 1. The molecule has 0 aliphatic heterocycles. The van der Waals surface area contributed by atoms with E-state index >= 15 is 0 Å². The van der Waals surface area contributed by atoms with Crippen LogP contribution >= 0.6 is 11.6 Å². The van der Waals surface area contributed by atoms with Crippen LogP contribution < -0.4 is 15.1 Å². The summed E-state index contributed by atoms with van der Waals surface area (Å²) in [5, 5.41) is 31.5. The largest absolute Gasteiger partial charge is 0.497 e. The fourth-order valence-corrected chi connectivity index (χ4v) is 4.71. The van der Waals surface area contributed by atoms with Gasteiger partial charge >= 0.3 is 0 Å². The SMILES string of the molecule is COc1ccc(N=NC(=NNC(=O)c2cc(Cl)ccc2C(=O)c2ccccc2)c2ccc(N(CCC#N)CCC#N)cc2C)cc1. The number of halogens is 1. The van der Waals surface area contributed by atoms with E-state index in [-0.39, 0.29) is 27.8 Å². The van der Waals surface area contributed by atoms with Crippen molar-refractivity contribution in [1.29, 1.82) is 10.5 Å². The molecule has 10 nitrogen and oxygen atoms in total. The summed E-state index contributed by atoms with van der Waals surface area (Å²) in [7, 11) is 1.57. The molecule has 0 heterocycles. The Morgan fingerprint density at radius 2 is 1.54 bits per heavy atom. The molecule has 0 radical (unpaired) electrons. The summed E-state index contributed by atoms with van der Waals surface area (Å²) in [5.41, 5.74) is 5.86. The molecule has 0 fully saturated rings. The normalized spacial score (nSPS) is 11.0. The van der Waals surface area contributed by atoms with Crippen LogP contribution in [0.25, 0.3) is 0 Å². The van der Waals surface area contributed by atoms with Crippen molar-refractivity contribution in [2.45, 2.75) is 19.8 Å². The highest BCUT2D eigenvalue weighted by molar-refractivity contribution is 6.31. The molecule has 46 heavy (non-hydrogen) atoms. The monoisotopic (exact) mass is 631 g/mol. The lowest BCUT2D eigenvalue weighted by molar-refractivity contribution is 0.0943. The quantitative estimate of drug-likeness (QED) is 0.0567. The predicted octanol–water partition coefficient (Wildman–Crippen LogP) is 7.40. The molecular formula is C35H30ClN7O3. The van der Waals surface area contributed by atoms with Crippen molar-refractivity contribution >= 4 is 40.5 Å². The summed E-state index contributed by atoms with van der Waals surface area (Å²) in [5.74, 6) is -0.236. The highest BCUT2D eigenvalue weighted by Gasteiger charge is 2.20. The molecule has 0 aliphatic carbocycles. The number of carbonyl (C=O) groups is 2. The fourth-order valence-electron chi connectivity index (χ4n) is 4.54. The third-order valence-corrected chi connectivity index (χ3v) is 7.14. The first kappa shape index (κ1) is 33.1. The number of azo groups is 1. The van der Waals surface area contributed by atoms with Crippen molar-refractivity contribution in [3.05, 3.63) is 124 Å². The Morgan fingerprint density at radius 1 is 0.870 bits per heavy atom. The van der Waals surface area contributed by atoms with E-state index in [0.29, 0.717) is 48.5 Å². The van der Waals surface area contributed by atoms with Gasteiger partial charge in [0.05, 0.1) is 43.3 Å². The van der Waals surface area contributed by atoms with E-state index in [1.807, 2.05) is 24.0 Å². The first-order chi connectivity index (χ1) is 22.3. The zero-order valence-electron chi connectivity index (χ0n) is 25.3. The molecule has 230 valence electrons. The van der Waals surface area contributed by atoms with Crippen LogP contribution in [0.3, 0.4) is 0 Å². The van der Waals surface area contributed by atoms with Crippen LogP contribution in [0.1, 0.15) is 50.2 Å². The molecule has 4 aromatic carbocycles. The van der Waals surface area contributed by atoms with E-state index in [4.69, 9.17) is 26.9 Å². The van der Waals surface area contributed by atoms with Crippen LogP contribution in [-0.4, -0.2) is 37.7 Å². The summed E-state index contributed by atoms with van der Waals surface area (Å²) < 4.78 is 5.21. The Morgan fingerprint density at radius 3 is 2.17 bits per heavy atom. The van der Waals surface area contributed by atoms with Crippen LogP contribution in [0.5, 0.6) is 5.75 Å². The summed E-state index contributed by atoms with van der Waals surface area (Å²) in [6, 6.07) is 29.9. The van der Waals surface area contributed by atoms with Crippen molar-refractivity contribution in [2.75, 3.05) is 25.1 Å². The van der Waals surface area contributed by atoms with Gasteiger partial charge in [0.15, 0.2) is 5.78 Å². The molecule has 1 N–H and O–H groups in total. The maximum atomic E-state index is 13.5. The van der Waals surface area contributed by atoms with Gasteiger partial charge in [-0.05, 0) is 73.2 Å². The van der Waals surface area contributed by atoms with E-state index in [9.17, 15) is 9.59 Å². The van der Waals surface area contributed by atoms with Gasteiger partial charge in [0.2, 0.25) is 5.84 Å². The van der Waals surface area contributed by atoms with Gasteiger partial charge in [-0.15, -0.1) is 15.3 Å². The summed E-state index contributed by atoms with van der Waals surface area (Å²) >= 11 is 6.22. The molecule has 0 unspecified atom stereocenters. The molecule has 4 aromatic rings. The van der Waals surface area contributed by atoms with Gasteiger partial charge in [0.1, 0.15) is 5.75 Å². The number of aryl methyl sites for hydroxylation is 1. The van der Waals surface area contributed by atoms with E-state index < -0.39 is 5.91 Å². The maximum absolute atomic E-state index is 13.5. The summed E-state index contributed by atoms with van der Waals surface area (Å²) in [4.78, 5) is 28.7. The third kappa shape index (κ3) is 8.63. The zero-order valence-corrected chi connectivity index (χ0v) is 26.0. The molecule has 4 rings (SSSR count). The first-order valence-electron chi connectivity index (χ1n) is 14.3. The van der Waals surface area contributed by atoms with E-state index in [2.05, 4.69) is 32.9 Å². The van der Waals surface area contributed by atoms with Gasteiger partial charge in [0.25, 0.3) is 5.91 Å². The Kier molecular flexibility index (Phi) is 11.7. The number of hydrazone groups is 1. The van der Waals surface area contributed by atoms with E-state index in [1.54, 1.807) is 73.8 Å². The lowest BCUT2D eigenvalue weighted by Crippen LogP contribution is -2.25. The lowest BCUT2D eigenvalue weighted by Gasteiger charge is -2.23. The van der Waals surface area contributed by atoms with Crippen molar-refractivity contribution in [1.82, 2.24) is 5.43 Å². The number of benzene rings is 4. The van der Waals surface area contributed by atoms with Gasteiger partial charge in [0, 0.05) is 40.5 Å². The average Bonchev–Trinajstić information content (AvgIpc) is 3.08. The zero-order chi connectivity index (χ0) is 32.9. The van der Waals surface area contributed by atoms with Crippen LogP contribution in [0.2, 0.25) is 5.02 Å². The molecule has 0 aliphatic rings. The van der Waals surface area contributed by atoms with Gasteiger partial charge in [-0.1, -0.05) is 41.9 Å². The first-order valence-corrected chi connectivity index (χ1v) is 14.7. The average molecular weight is 632 g/mol. The molecule has 0 aromatic heterocycles. The minimum Gasteiger partial charge on any atom is -0.497 e. The van der Waals surface area contributed by atoms with Gasteiger partial charge in [-0.3, -0.25) is 9.59 Å². The van der Waals surface area contributed by atoms with Gasteiger partial charge in [-0.25, -0.2) is 5.43 Å². The van der Waals surface area contributed by atoms with Crippen molar-refractivity contribution in [2.24, 2.45) is 15.3 Å². The molecule has 0 saturated heterocycles. The van der Waals surface area contributed by atoms with E-state index in [0.717, 1.165) is 11.3 Å². The van der Waals surface area contributed by atoms with Gasteiger partial charge in [-0.2, -0.15) is 10.5 Å². The minimum atomic E-state index is -0.660. The Hall–Kier alpha value is -5.84. The summed E-state index contributed by atoms with van der Waals surface area (Å²) in [6.07, 6.45) is 0.610. The number of amidine groups is 1. The molecule has 11 heteroatoms. The number of anilines is 1. The number of nitrogens with one attached hydrogen (secondary N) is 1. The molecule has 0 atom stereocenters. The second-order valence-corrected chi connectivity index (χ2v) is 10.4. The molecule has 0 bridgehead atoms. The lowest BCUT2D eigenvalue weighted by atomic mass is 9.98. The molecule has 0 spiro atoms. The Labute approximate surface area is 272 Å². The highest BCUT2D eigenvalue weighted by atomic mass is 35.5. The van der Waals surface area contributed by atoms with Crippen LogP contribution in [0.15, 0.2) is 106 Å². The number of ketones is 1. The minimum absolute atomic E-state index is 0.0502. The predicted molar refractivity (Wildman–Crippen MR) is 177 cm³/mol. The third-order valence-electron chi connectivity index (χ3n) is 6.91. The Bertz CT molecular complexity index is 1830. The molecule has 1 amide bonds. The van der Waals surface area contributed by atoms with Crippen LogP contribution in [0.4, 0.5) is 11.4 Å². The van der Waals surface area contributed by atoms with Crippen LogP contribution in [-0.2, 0) is 0 Å². The smallest absolute Gasteiger partial charge is 0.272 e. The van der Waals surface area contributed by atoms with Crippen molar-refractivity contribution in [3.63, 3.8) is 0 Å². The standard InChI is InChI=1S/C35H30ClN7O3/c1-24-22-28(43(20-6-18-37)21-7-19-38)13-17-30(24)34(40-39-27-11-14-29(46-2)15-12-27)41-42-35(45)32-23-26(36)10-16-31(32)33(44)25-8-4-3-5-9-25/h3-5,8-17,22-23H,6-7,20-21H2,1-2H3,(H,42,45). The highest BCUT2D eigenvalue weighted by Crippen LogP contribution is 2.24. The molecular weight excluding hydrogens is 602 g/mol. The molecule has 0 saturated carbocycles. The number of hydrogen-bond donors (Lipinski definition) is 1. The number of nitrogens with zero attached hydrogens (tertiary/aromatic N) is 6. The summed E-state index contributed by atoms with van der Waals surface area (Å²) in [6.45, 7) is 2.79. The number of nitriles is 2. The fraction of sp³-hybridized carbons (Fsp3) is 0.171. The number of hydrogen-bond acceptors (Lipinski definition) is 8. The maximum Gasteiger partial charge on any atom is 0.272 e. The second kappa shape index (κ2) is 16.3. The Balaban J connectivity index is 1.71. The topological polar surface area (TPSA) is 143 Å². The number of rotatable bonds is 12.